The van der Waals surface area contributed by atoms with Crippen molar-refractivity contribution >= 4 is 22.9 Å². The minimum atomic E-state index is 0.906. The van der Waals surface area contributed by atoms with Crippen LogP contribution >= 0.6 is 22.9 Å². The second-order valence-electron chi connectivity index (χ2n) is 3.91. The van der Waals surface area contributed by atoms with Gasteiger partial charge in [0.25, 0.3) is 0 Å². The summed E-state index contributed by atoms with van der Waals surface area (Å²) in [6, 6.07) is 0.906. The maximum atomic E-state index is 2.55. The minimum Gasteiger partial charge on any atom is -0.244 e. The third-order valence-electron chi connectivity index (χ3n) is 3.40. The molecule has 0 N–H and O–H groups in total. The van der Waals surface area contributed by atoms with Gasteiger partial charge in [0.1, 0.15) is 0 Å². The normalized spacial score (nSPS) is 44.7. The molecular formula is C9H16IN. The smallest absolute Gasteiger partial charge is 0.0223 e. The Bertz CT molecular complexity index is 148. The molecule has 0 aromatic rings. The highest BCUT2D eigenvalue weighted by atomic mass is 127. The lowest BCUT2D eigenvalue weighted by Gasteiger charge is -2.20. The van der Waals surface area contributed by atoms with Crippen molar-refractivity contribution in [1.29, 1.82) is 0 Å². The first-order valence-corrected chi connectivity index (χ1v) is 5.72. The van der Waals surface area contributed by atoms with E-state index >= 15 is 0 Å². The molecule has 0 radical (unpaired) electrons. The molecule has 0 aromatic carbocycles. The van der Waals surface area contributed by atoms with Gasteiger partial charge in [0.05, 0.1) is 0 Å². The highest BCUT2D eigenvalue weighted by Gasteiger charge is 2.41. The van der Waals surface area contributed by atoms with E-state index in [1.54, 1.807) is 0 Å². The fourth-order valence-electron chi connectivity index (χ4n) is 2.87. The molecule has 2 fully saturated rings. The Hall–Kier alpha value is 0.690. The predicted molar refractivity (Wildman–Crippen MR) is 55.6 cm³/mol. The van der Waals surface area contributed by atoms with Crippen LogP contribution in [0.4, 0.5) is 0 Å². The van der Waals surface area contributed by atoms with Crippen molar-refractivity contribution in [3.8, 4) is 0 Å². The van der Waals surface area contributed by atoms with Crippen LogP contribution < -0.4 is 0 Å². The minimum absolute atomic E-state index is 0.906. The van der Waals surface area contributed by atoms with E-state index in [0.717, 1.165) is 17.9 Å². The van der Waals surface area contributed by atoms with Crippen molar-refractivity contribution in [1.82, 2.24) is 3.11 Å². The van der Waals surface area contributed by atoms with Gasteiger partial charge < -0.3 is 0 Å². The Morgan fingerprint density at radius 2 is 2.27 bits per heavy atom. The van der Waals surface area contributed by atoms with Gasteiger partial charge in [-0.15, -0.1) is 0 Å². The molecule has 1 saturated heterocycles. The number of hydrogen-bond donors (Lipinski definition) is 0. The number of halogens is 1. The zero-order valence-electron chi connectivity index (χ0n) is 7.09. The number of fused-ring (bicyclic) bond motifs is 1. The Labute approximate surface area is 83.0 Å². The van der Waals surface area contributed by atoms with Crippen molar-refractivity contribution in [2.75, 3.05) is 6.54 Å². The fourth-order valence-corrected chi connectivity index (χ4v) is 4.18. The summed E-state index contributed by atoms with van der Waals surface area (Å²) in [5.41, 5.74) is 0. The van der Waals surface area contributed by atoms with E-state index < -0.39 is 0 Å². The molecule has 0 unspecified atom stereocenters. The van der Waals surface area contributed by atoms with Crippen LogP contribution in [0.25, 0.3) is 0 Å². The molecule has 2 rings (SSSR count). The number of hydrogen-bond acceptors (Lipinski definition) is 1. The summed E-state index contributed by atoms with van der Waals surface area (Å²) in [6.07, 6.45) is 5.85. The average Bonchev–Trinajstić information content (AvgIpc) is 2.46. The lowest BCUT2D eigenvalue weighted by Crippen LogP contribution is -2.23. The quantitative estimate of drug-likeness (QED) is 0.520. The van der Waals surface area contributed by atoms with Crippen molar-refractivity contribution < 1.29 is 0 Å². The van der Waals surface area contributed by atoms with E-state index in [0.29, 0.717) is 0 Å². The van der Waals surface area contributed by atoms with Crippen molar-refractivity contribution in [2.24, 2.45) is 11.8 Å². The Morgan fingerprint density at radius 3 is 3.00 bits per heavy atom. The molecule has 1 saturated carbocycles. The van der Waals surface area contributed by atoms with E-state index in [9.17, 15) is 0 Å². The van der Waals surface area contributed by atoms with Crippen molar-refractivity contribution in [3.05, 3.63) is 0 Å². The van der Waals surface area contributed by atoms with Crippen LogP contribution in [0.3, 0.4) is 0 Å². The van der Waals surface area contributed by atoms with Gasteiger partial charge in [0.15, 0.2) is 0 Å². The largest absolute Gasteiger partial charge is 0.244 e. The van der Waals surface area contributed by atoms with Gasteiger partial charge in [0, 0.05) is 35.5 Å². The van der Waals surface area contributed by atoms with Gasteiger partial charge in [0.2, 0.25) is 0 Å². The van der Waals surface area contributed by atoms with Crippen molar-refractivity contribution in [2.45, 2.75) is 38.6 Å². The molecule has 1 heterocycles. The summed E-state index contributed by atoms with van der Waals surface area (Å²) in [7, 11) is 0. The van der Waals surface area contributed by atoms with E-state index in [-0.39, 0.29) is 0 Å². The fraction of sp³-hybridized carbons (Fsp3) is 1.00. The topological polar surface area (TPSA) is 3.24 Å². The van der Waals surface area contributed by atoms with Crippen LogP contribution in [0.2, 0.25) is 0 Å². The third kappa shape index (κ3) is 1.32. The first-order valence-electron chi connectivity index (χ1n) is 4.75. The highest BCUT2D eigenvalue weighted by molar-refractivity contribution is 14.1. The van der Waals surface area contributed by atoms with Crippen LogP contribution in [0.15, 0.2) is 0 Å². The maximum absolute atomic E-state index is 2.55. The summed E-state index contributed by atoms with van der Waals surface area (Å²) >= 11 is 2.52. The van der Waals surface area contributed by atoms with Crippen LogP contribution in [0.5, 0.6) is 0 Å². The molecule has 0 aromatic heterocycles. The SMILES string of the molecule is CC[C@H]1[C@@H]2CCC[C@@H]2CN1I. The Morgan fingerprint density at radius 1 is 1.45 bits per heavy atom. The first kappa shape index (κ1) is 8.30. The monoisotopic (exact) mass is 265 g/mol. The molecule has 2 aliphatic rings. The first-order chi connectivity index (χ1) is 5.33. The summed E-state index contributed by atoms with van der Waals surface area (Å²) < 4.78 is 2.55. The van der Waals surface area contributed by atoms with Gasteiger partial charge in [-0.3, -0.25) is 0 Å². The van der Waals surface area contributed by atoms with Gasteiger partial charge >= 0.3 is 0 Å². The van der Waals surface area contributed by atoms with Gasteiger partial charge in [-0.1, -0.05) is 13.3 Å². The van der Waals surface area contributed by atoms with E-state index in [1.807, 2.05) is 0 Å². The predicted octanol–water partition coefficient (Wildman–Crippen LogP) is 2.85. The molecule has 3 atom stereocenters. The number of nitrogens with zero attached hydrogens (tertiary/aromatic N) is 1. The molecule has 2 heteroatoms. The number of rotatable bonds is 1. The standard InChI is InChI=1S/C9H16IN/c1-2-9-8-5-3-4-7(8)6-11(9)10/h7-9H,2-6H2,1H3/t7-,8-,9+/m1/s1. The van der Waals surface area contributed by atoms with E-state index in [4.69, 9.17) is 0 Å². The lowest BCUT2D eigenvalue weighted by atomic mass is 9.93. The van der Waals surface area contributed by atoms with Crippen LogP contribution in [-0.4, -0.2) is 15.7 Å². The third-order valence-corrected chi connectivity index (χ3v) is 4.51. The van der Waals surface area contributed by atoms with E-state index in [1.165, 1.54) is 32.2 Å². The second-order valence-corrected chi connectivity index (χ2v) is 5.15. The summed E-state index contributed by atoms with van der Waals surface area (Å²) in [4.78, 5) is 0. The van der Waals surface area contributed by atoms with Crippen molar-refractivity contribution in [3.63, 3.8) is 0 Å². The molecule has 1 aliphatic carbocycles. The van der Waals surface area contributed by atoms with Crippen LogP contribution in [0.1, 0.15) is 32.6 Å². The van der Waals surface area contributed by atoms with Gasteiger partial charge in [-0.2, -0.15) is 0 Å². The summed E-state index contributed by atoms with van der Waals surface area (Å²) in [5, 5.41) is 0. The molecule has 1 nitrogen and oxygen atoms in total. The summed E-state index contributed by atoms with van der Waals surface area (Å²) in [5.74, 6) is 2.11. The Kier molecular flexibility index (Phi) is 2.42. The second kappa shape index (κ2) is 3.21. The molecule has 0 bridgehead atoms. The van der Waals surface area contributed by atoms with Gasteiger partial charge in [-0.05, 0) is 31.1 Å². The van der Waals surface area contributed by atoms with Crippen LogP contribution in [-0.2, 0) is 0 Å². The zero-order valence-corrected chi connectivity index (χ0v) is 9.25. The molecule has 1 aliphatic heterocycles. The molecule has 64 valence electrons. The van der Waals surface area contributed by atoms with Crippen LogP contribution in [0, 0.1) is 11.8 Å². The Balaban J connectivity index is 2.07. The molecule has 0 amide bonds. The molecular weight excluding hydrogens is 249 g/mol. The maximum Gasteiger partial charge on any atom is 0.0223 e. The highest BCUT2D eigenvalue weighted by Crippen LogP contribution is 2.44. The average molecular weight is 265 g/mol. The zero-order chi connectivity index (χ0) is 7.84. The summed E-state index contributed by atoms with van der Waals surface area (Å²) in [6.45, 7) is 3.70. The van der Waals surface area contributed by atoms with E-state index in [2.05, 4.69) is 32.9 Å². The van der Waals surface area contributed by atoms with Gasteiger partial charge in [-0.25, -0.2) is 3.11 Å². The molecule has 11 heavy (non-hydrogen) atoms. The molecule has 0 spiro atoms. The lowest BCUT2D eigenvalue weighted by molar-refractivity contribution is 0.360.